The second-order valence-electron chi connectivity index (χ2n) is 9.75. The van der Waals surface area contributed by atoms with E-state index in [1.165, 1.54) is 0 Å². The fraction of sp³-hybridized carbons (Fsp3) is 0.720. The van der Waals surface area contributed by atoms with Gasteiger partial charge in [0, 0.05) is 17.2 Å². The first-order chi connectivity index (χ1) is 14.6. The van der Waals surface area contributed by atoms with Crippen LogP contribution in [-0.4, -0.2) is 55.1 Å². The van der Waals surface area contributed by atoms with Gasteiger partial charge in [-0.05, 0) is 43.2 Å². The highest BCUT2D eigenvalue weighted by molar-refractivity contribution is 5.68. The highest BCUT2D eigenvalue weighted by Crippen LogP contribution is 2.40. The molecule has 1 aromatic carbocycles. The van der Waals surface area contributed by atoms with Gasteiger partial charge in [0.25, 0.3) is 0 Å². The van der Waals surface area contributed by atoms with Crippen molar-refractivity contribution in [1.29, 1.82) is 0 Å². The van der Waals surface area contributed by atoms with Gasteiger partial charge in [-0.3, -0.25) is 0 Å². The average molecular weight is 436 g/mol. The molecule has 1 fully saturated rings. The SMILES string of the molecule is CCOC(=O)N(CC(O)COc1c(C(C)C)cc(OC)cc1C(C)(C)C)C1CCCC1. The predicted octanol–water partition coefficient (Wildman–Crippen LogP) is 5.26. The zero-order valence-electron chi connectivity index (χ0n) is 20.4. The summed E-state index contributed by atoms with van der Waals surface area (Å²) >= 11 is 0. The molecule has 1 atom stereocenters. The lowest BCUT2D eigenvalue weighted by molar-refractivity contribution is 0.0395. The summed E-state index contributed by atoms with van der Waals surface area (Å²) in [5, 5.41) is 10.8. The van der Waals surface area contributed by atoms with E-state index < -0.39 is 6.10 Å². The quantitative estimate of drug-likeness (QED) is 0.573. The topological polar surface area (TPSA) is 68.2 Å². The number of methoxy groups -OCH3 is 1. The van der Waals surface area contributed by atoms with E-state index in [2.05, 4.69) is 34.6 Å². The molecule has 1 amide bonds. The van der Waals surface area contributed by atoms with Gasteiger partial charge in [-0.1, -0.05) is 47.5 Å². The standard InChI is InChI=1S/C25H41NO5/c1-8-30-24(28)26(18-11-9-10-12-18)15-19(27)16-31-23-21(17(2)3)13-20(29-7)14-22(23)25(4,5)6/h13-14,17-19,27H,8-12,15-16H2,1-7H3. The lowest BCUT2D eigenvalue weighted by atomic mass is 9.83. The van der Waals surface area contributed by atoms with Gasteiger partial charge in [0.2, 0.25) is 0 Å². The van der Waals surface area contributed by atoms with Crippen molar-refractivity contribution in [3.63, 3.8) is 0 Å². The second kappa shape index (κ2) is 11.1. The highest BCUT2D eigenvalue weighted by atomic mass is 16.6. The first-order valence-electron chi connectivity index (χ1n) is 11.5. The summed E-state index contributed by atoms with van der Waals surface area (Å²) in [7, 11) is 1.67. The van der Waals surface area contributed by atoms with Gasteiger partial charge in [-0.15, -0.1) is 0 Å². The Morgan fingerprint density at radius 2 is 1.87 bits per heavy atom. The van der Waals surface area contributed by atoms with Gasteiger partial charge < -0.3 is 24.2 Å². The minimum absolute atomic E-state index is 0.109. The van der Waals surface area contributed by atoms with Crippen LogP contribution in [0.1, 0.15) is 84.3 Å². The number of ether oxygens (including phenoxy) is 3. The molecule has 2 rings (SSSR count). The Balaban J connectivity index is 2.20. The van der Waals surface area contributed by atoms with Crippen molar-refractivity contribution in [2.24, 2.45) is 0 Å². The van der Waals surface area contributed by atoms with E-state index in [0.717, 1.165) is 48.3 Å². The van der Waals surface area contributed by atoms with Crippen LogP contribution in [0.5, 0.6) is 11.5 Å². The lowest BCUT2D eigenvalue weighted by Crippen LogP contribution is -2.45. The van der Waals surface area contributed by atoms with Gasteiger partial charge in [0.15, 0.2) is 0 Å². The normalized spacial score (nSPS) is 15.8. The molecule has 0 heterocycles. The molecule has 176 valence electrons. The Morgan fingerprint density at radius 3 is 2.39 bits per heavy atom. The summed E-state index contributed by atoms with van der Waals surface area (Å²) < 4.78 is 17.0. The van der Waals surface area contributed by atoms with Crippen LogP contribution in [-0.2, 0) is 10.2 Å². The molecule has 1 aliphatic rings. The monoisotopic (exact) mass is 435 g/mol. The van der Waals surface area contributed by atoms with Crippen LogP contribution in [0.2, 0.25) is 0 Å². The van der Waals surface area contributed by atoms with Crippen molar-refractivity contribution in [1.82, 2.24) is 4.90 Å². The maximum Gasteiger partial charge on any atom is 0.410 e. The molecule has 1 unspecified atom stereocenters. The van der Waals surface area contributed by atoms with Crippen molar-refractivity contribution < 1.29 is 24.1 Å². The van der Waals surface area contributed by atoms with E-state index in [1.54, 1.807) is 18.9 Å². The van der Waals surface area contributed by atoms with Crippen molar-refractivity contribution in [3.05, 3.63) is 23.3 Å². The summed E-state index contributed by atoms with van der Waals surface area (Å²) in [4.78, 5) is 14.2. The Bertz CT molecular complexity index is 719. The predicted molar refractivity (Wildman–Crippen MR) is 123 cm³/mol. The van der Waals surface area contributed by atoms with E-state index in [4.69, 9.17) is 14.2 Å². The van der Waals surface area contributed by atoms with E-state index in [1.807, 2.05) is 12.1 Å². The summed E-state index contributed by atoms with van der Waals surface area (Å²) in [5.74, 6) is 1.83. The fourth-order valence-corrected chi connectivity index (χ4v) is 4.14. The zero-order valence-corrected chi connectivity index (χ0v) is 20.4. The van der Waals surface area contributed by atoms with Crippen molar-refractivity contribution in [3.8, 4) is 11.5 Å². The van der Waals surface area contributed by atoms with Gasteiger partial charge >= 0.3 is 6.09 Å². The molecular formula is C25H41NO5. The van der Waals surface area contributed by atoms with Crippen LogP contribution in [0.25, 0.3) is 0 Å². The Hall–Kier alpha value is -1.95. The maximum absolute atomic E-state index is 12.5. The van der Waals surface area contributed by atoms with Crippen LogP contribution in [0.15, 0.2) is 12.1 Å². The van der Waals surface area contributed by atoms with Crippen molar-refractivity contribution >= 4 is 6.09 Å². The first kappa shape index (κ1) is 25.3. The molecule has 0 spiro atoms. The number of aliphatic hydroxyl groups is 1. The Labute approximate surface area is 187 Å². The van der Waals surface area contributed by atoms with Crippen LogP contribution < -0.4 is 9.47 Å². The van der Waals surface area contributed by atoms with Crippen LogP contribution >= 0.6 is 0 Å². The van der Waals surface area contributed by atoms with Crippen LogP contribution in [0.3, 0.4) is 0 Å². The molecule has 1 N–H and O–H groups in total. The van der Waals surface area contributed by atoms with E-state index in [9.17, 15) is 9.90 Å². The minimum atomic E-state index is -0.806. The van der Waals surface area contributed by atoms with Gasteiger partial charge in [-0.2, -0.15) is 0 Å². The molecule has 1 saturated carbocycles. The number of rotatable bonds is 9. The molecule has 6 heteroatoms. The number of hydrogen-bond donors (Lipinski definition) is 1. The number of nitrogens with zero attached hydrogens (tertiary/aromatic N) is 1. The molecular weight excluding hydrogens is 394 g/mol. The third-order valence-corrected chi connectivity index (χ3v) is 5.85. The average Bonchev–Trinajstić information content (AvgIpc) is 3.23. The van der Waals surface area contributed by atoms with Gasteiger partial charge in [-0.25, -0.2) is 4.79 Å². The smallest absolute Gasteiger partial charge is 0.410 e. The number of hydrogen-bond acceptors (Lipinski definition) is 5. The first-order valence-corrected chi connectivity index (χ1v) is 11.5. The van der Waals surface area contributed by atoms with E-state index in [-0.39, 0.29) is 36.6 Å². The highest BCUT2D eigenvalue weighted by Gasteiger charge is 2.30. The number of carbonyl (C=O) groups is 1. The van der Waals surface area contributed by atoms with Crippen LogP contribution in [0, 0.1) is 0 Å². The fourth-order valence-electron chi connectivity index (χ4n) is 4.14. The third-order valence-electron chi connectivity index (χ3n) is 5.85. The third kappa shape index (κ3) is 6.76. The summed E-state index contributed by atoms with van der Waals surface area (Å²) in [6.45, 7) is 13.1. The largest absolute Gasteiger partial charge is 0.497 e. The lowest BCUT2D eigenvalue weighted by Gasteiger charge is -2.31. The van der Waals surface area contributed by atoms with Crippen molar-refractivity contribution in [2.75, 3.05) is 26.9 Å². The van der Waals surface area contributed by atoms with Crippen LogP contribution in [0.4, 0.5) is 4.79 Å². The summed E-state index contributed by atoms with van der Waals surface area (Å²) in [6.07, 6.45) is 2.96. The van der Waals surface area contributed by atoms with E-state index >= 15 is 0 Å². The number of benzene rings is 1. The maximum atomic E-state index is 12.5. The number of amides is 1. The van der Waals surface area contributed by atoms with E-state index in [0.29, 0.717) is 6.61 Å². The molecule has 31 heavy (non-hydrogen) atoms. The second-order valence-corrected chi connectivity index (χ2v) is 9.75. The Kier molecular flexibility index (Phi) is 9.04. The molecule has 1 aliphatic carbocycles. The molecule has 0 aliphatic heterocycles. The molecule has 0 radical (unpaired) electrons. The molecule has 0 bridgehead atoms. The van der Waals surface area contributed by atoms with Gasteiger partial charge in [0.05, 0.1) is 20.3 Å². The summed E-state index contributed by atoms with van der Waals surface area (Å²) in [6, 6.07) is 4.15. The minimum Gasteiger partial charge on any atom is -0.497 e. The molecule has 0 saturated heterocycles. The summed E-state index contributed by atoms with van der Waals surface area (Å²) in [5.41, 5.74) is 1.94. The number of carbonyl (C=O) groups excluding carboxylic acids is 1. The Morgan fingerprint density at radius 1 is 1.23 bits per heavy atom. The number of aliphatic hydroxyl groups excluding tert-OH is 1. The molecule has 0 aromatic heterocycles. The zero-order chi connectivity index (χ0) is 23.2. The molecule has 1 aromatic rings. The van der Waals surface area contributed by atoms with Gasteiger partial charge in [0.1, 0.15) is 24.2 Å². The van der Waals surface area contributed by atoms with Crippen molar-refractivity contribution in [2.45, 2.75) is 90.7 Å². The molecule has 6 nitrogen and oxygen atoms in total.